The summed E-state index contributed by atoms with van der Waals surface area (Å²) in [7, 11) is 0.417. The van der Waals surface area contributed by atoms with Gasteiger partial charge in [-0.2, -0.15) is 0 Å². The first-order chi connectivity index (χ1) is 19.8. The van der Waals surface area contributed by atoms with Gasteiger partial charge in [-0.1, -0.05) is 36.3 Å². The molecule has 2 heterocycles. The number of hydrogen-bond donors (Lipinski definition) is 1. The van der Waals surface area contributed by atoms with Crippen LogP contribution >= 0.6 is 0 Å². The second-order valence-electron chi connectivity index (χ2n) is 9.12. The van der Waals surface area contributed by atoms with Crippen LogP contribution in [0.25, 0.3) is 34.0 Å². The Labute approximate surface area is 239 Å². The largest absolute Gasteiger partial charge is 0.490 e. The Morgan fingerprint density at radius 3 is 2.34 bits per heavy atom. The maximum Gasteiger partial charge on any atom is 0.189 e. The fraction of sp³-hybridized carbons (Fsp3) is 0.345. The third-order valence-electron chi connectivity index (χ3n) is 6.07. The first kappa shape index (κ1) is 30.1. The zero-order chi connectivity index (χ0) is 29.2. The molecule has 0 fully saturated rings. The summed E-state index contributed by atoms with van der Waals surface area (Å²) in [5, 5.41) is 13.0. The summed E-state index contributed by atoms with van der Waals surface area (Å²) in [6, 6.07) is 15.9. The average molecular weight is 583 g/mol. The van der Waals surface area contributed by atoms with Crippen LogP contribution in [0.1, 0.15) is 6.92 Å². The summed E-state index contributed by atoms with van der Waals surface area (Å²) in [5.74, 6) is 1.67. The molecule has 2 aromatic carbocycles. The van der Waals surface area contributed by atoms with Gasteiger partial charge in [-0.05, 0) is 24.3 Å². The quantitative estimate of drug-likeness (QED) is 0.205. The lowest BCUT2D eigenvalue weighted by Crippen LogP contribution is -2.13. The lowest BCUT2D eigenvalue weighted by molar-refractivity contribution is 0.0247. The minimum absolute atomic E-state index is 0.0146. The van der Waals surface area contributed by atoms with Crippen molar-refractivity contribution in [1.29, 1.82) is 0 Å². The predicted molar refractivity (Wildman–Crippen MR) is 155 cm³/mol. The molecule has 1 N–H and O–H groups in total. The Balaban J connectivity index is 1.54. The molecule has 11 nitrogen and oxygen atoms in total. The van der Waals surface area contributed by atoms with Gasteiger partial charge in [0.05, 0.1) is 55.6 Å². The maximum absolute atomic E-state index is 12.2. The first-order valence-electron chi connectivity index (χ1n) is 13.2. The molecule has 0 unspecified atom stereocenters. The highest BCUT2D eigenvalue weighted by molar-refractivity contribution is 7.91. The van der Waals surface area contributed by atoms with E-state index in [4.69, 9.17) is 28.8 Å². The van der Waals surface area contributed by atoms with Crippen LogP contribution in [0.5, 0.6) is 5.75 Å². The summed E-state index contributed by atoms with van der Waals surface area (Å²) in [6.45, 7) is 3.42. The van der Waals surface area contributed by atoms with Crippen molar-refractivity contribution >= 4 is 15.7 Å². The molecule has 0 aliphatic rings. The smallest absolute Gasteiger partial charge is 0.189 e. The second kappa shape index (κ2) is 14.2. The lowest BCUT2D eigenvalue weighted by atomic mass is 10.1. The maximum atomic E-state index is 12.2. The van der Waals surface area contributed by atoms with Crippen LogP contribution in [0, 0.1) is 0 Å². The highest BCUT2D eigenvalue weighted by Gasteiger charge is 2.20. The molecule has 0 atom stereocenters. The Morgan fingerprint density at radius 2 is 1.63 bits per heavy atom. The number of ether oxygens (including phenoxy) is 3. The van der Waals surface area contributed by atoms with Gasteiger partial charge in [0, 0.05) is 31.3 Å². The normalized spacial score (nSPS) is 11.5. The molecule has 0 spiro atoms. The van der Waals surface area contributed by atoms with Gasteiger partial charge >= 0.3 is 0 Å². The molecule has 0 saturated heterocycles. The van der Waals surface area contributed by atoms with Gasteiger partial charge in [0.15, 0.2) is 27.1 Å². The third kappa shape index (κ3) is 7.67. The Bertz CT molecular complexity index is 1520. The van der Waals surface area contributed by atoms with Crippen molar-refractivity contribution in [2.24, 2.45) is 0 Å². The summed E-state index contributed by atoms with van der Waals surface area (Å²) >= 11 is 0. The van der Waals surface area contributed by atoms with Gasteiger partial charge in [-0.3, -0.25) is 0 Å². The predicted octanol–water partition coefficient (Wildman–Crippen LogP) is 3.73. The summed E-state index contributed by atoms with van der Waals surface area (Å²) < 4.78 is 46.8. The molecule has 0 aliphatic heterocycles. The Kier molecular flexibility index (Phi) is 10.4. The van der Waals surface area contributed by atoms with E-state index in [9.17, 15) is 8.42 Å². The van der Waals surface area contributed by atoms with Crippen molar-refractivity contribution < 1.29 is 32.3 Å². The van der Waals surface area contributed by atoms with Gasteiger partial charge in [0.2, 0.25) is 0 Å². The SMILES string of the molecule is CCS(=O)(=O)c1ccc(-c2cnc(N(C)C)c(-c3cc(-c4ccccc4OCCOCCOCCO)no3)n2)cc1. The van der Waals surface area contributed by atoms with Crippen molar-refractivity contribution in [3.63, 3.8) is 0 Å². The number of benzene rings is 2. The lowest BCUT2D eigenvalue weighted by Gasteiger charge is -2.15. The number of hydrogen-bond acceptors (Lipinski definition) is 11. The summed E-state index contributed by atoms with van der Waals surface area (Å²) in [5.41, 5.74) is 3.10. The molecule has 0 aliphatic carbocycles. The highest BCUT2D eigenvalue weighted by atomic mass is 32.2. The standard InChI is InChI=1S/C29H34N4O7S/c1-4-41(35,36)22-11-9-21(10-12-22)25-20-30-29(33(2)3)28(31-25)27-19-24(32-40-27)23-7-5-6-8-26(23)39-18-17-38-16-15-37-14-13-34/h5-12,19-20,34H,4,13-18H2,1-3H3. The van der Waals surface area contributed by atoms with Gasteiger partial charge in [-0.15, -0.1) is 0 Å². The molecule has 41 heavy (non-hydrogen) atoms. The van der Waals surface area contributed by atoms with Crippen LogP contribution in [0.15, 0.2) is 70.2 Å². The number of para-hydroxylation sites is 1. The Morgan fingerprint density at radius 1 is 0.927 bits per heavy atom. The van der Waals surface area contributed by atoms with Crippen molar-refractivity contribution in [2.75, 3.05) is 64.4 Å². The van der Waals surface area contributed by atoms with Crippen LogP contribution in [-0.2, 0) is 19.3 Å². The molecular weight excluding hydrogens is 548 g/mol. The molecule has 0 radical (unpaired) electrons. The number of aliphatic hydroxyl groups excluding tert-OH is 1. The molecule has 0 amide bonds. The Hall–Kier alpha value is -3.84. The van der Waals surface area contributed by atoms with E-state index in [1.54, 1.807) is 43.5 Å². The second-order valence-corrected chi connectivity index (χ2v) is 11.4. The monoisotopic (exact) mass is 582 g/mol. The first-order valence-corrected chi connectivity index (χ1v) is 14.8. The average Bonchev–Trinajstić information content (AvgIpc) is 3.48. The molecule has 4 rings (SSSR count). The minimum Gasteiger partial charge on any atom is -0.490 e. The van der Waals surface area contributed by atoms with Gasteiger partial charge in [0.25, 0.3) is 0 Å². The highest BCUT2D eigenvalue weighted by Crippen LogP contribution is 2.35. The van der Waals surface area contributed by atoms with E-state index in [1.165, 1.54) is 0 Å². The van der Waals surface area contributed by atoms with Gasteiger partial charge < -0.3 is 28.7 Å². The van der Waals surface area contributed by atoms with Crippen LogP contribution in [-0.4, -0.2) is 88.1 Å². The molecule has 0 saturated carbocycles. The summed E-state index contributed by atoms with van der Waals surface area (Å²) in [6.07, 6.45) is 1.64. The summed E-state index contributed by atoms with van der Waals surface area (Å²) in [4.78, 5) is 11.5. The van der Waals surface area contributed by atoms with E-state index in [2.05, 4.69) is 10.1 Å². The molecule has 12 heteroatoms. The fourth-order valence-electron chi connectivity index (χ4n) is 3.93. The third-order valence-corrected chi connectivity index (χ3v) is 7.82. The number of aromatic nitrogens is 3. The minimum atomic E-state index is -3.30. The number of aliphatic hydroxyl groups is 1. The van der Waals surface area contributed by atoms with E-state index < -0.39 is 9.84 Å². The zero-order valence-electron chi connectivity index (χ0n) is 23.3. The molecule has 2 aromatic heterocycles. The molecule has 4 aromatic rings. The number of sulfone groups is 1. The van der Waals surface area contributed by atoms with Crippen LogP contribution in [0.3, 0.4) is 0 Å². The van der Waals surface area contributed by atoms with Crippen molar-refractivity contribution in [1.82, 2.24) is 15.1 Å². The zero-order valence-corrected chi connectivity index (χ0v) is 24.1. The molecule has 218 valence electrons. The van der Waals surface area contributed by atoms with Gasteiger partial charge in [-0.25, -0.2) is 18.4 Å². The van der Waals surface area contributed by atoms with Crippen LogP contribution in [0.2, 0.25) is 0 Å². The van der Waals surface area contributed by atoms with Crippen molar-refractivity contribution in [3.05, 3.63) is 60.8 Å². The van der Waals surface area contributed by atoms with Crippen LogP contribution in [0.4, 0.5) is 5.82 Å². The van der Waals surface area contributed by atoms with E-state index in [0.717, 1.165) is 11.1 Å². The van der Waals surface area contributed by atoms with E-state index in [1.807, 2.05) is 43.3 Å². The van der Waals surface area contributed by atoms with E-state index >= 15 is 0 Å². The number of anilines is 1. The molecule has 0 bridgehead atoms. The number of rotatable bonds is 15. The fourth-order valence-corrected chi connectivity index (χ4v) is 4.81. The van der Waals surface area contributed by atoms with Crippen LogP contribution < -0.4 is 9.64 Å². The number of nitrogens with zero attached hydrogens (tertiary/aromatic N) is 4. The van der Waals surface area contributed by atoms with E-state index in [-0.39, 0.29) is 23.9 Å². The van der Waals surface area contributed by atoms with Gasteiger partial charge in [0.1, 0.15) is 18.1 Å². The van der Waals surface area contributed by atoms with Crippen molar-refractivity contribution in [3.8, 4) is 39.7 Å². The van der Waals surface area contributed by atoms with E-state index in [0.29, 0.717) is 60.8 Å². The molecular formula is C29H34N4O7S. The van der Waals surface area contributed by atoms with Crippen molar-refractivity contribution in [2.45, 2.75) is 11.8 Å². The topological polar surface area (TPSA) is 137 Å².